The average molecular weight is 303 g/mol. The van der Waals surface area contributed by atoms with Gasteiger partial charge in [-0.15, -0.1) is 0 Å². The highest BCUT2D eigenvalue weighted by Gasteiger charge is 2.36. The fraction of sp³-hybridized carbons (Fsp3) is 0.538. The minimum absolute atomic E-state index is 0.197. The first-order valence-corrected chi connectivity index (χ1v) is 8.25. The third-order valence-electron chi connectivity index (χ3n) is 3.76. The van der Waals surface area contributed by atoms with Crippen LogP contribution in [-0.2, 0) is 10.0 Å². The van der Waals surface area contributed by atoms with Crippen LogP contribution in [0.15, 0.2) is 23.1 Å². The van der Waals surface area contributed by atoms with Crippen molar-refractivity contribution in [2.24, 2.45) is 5.73 Å². The molecule has 106 valence electrons. The average Bonchev–Trinajstić information content (AvgIpc) is 2.81. The number of hydrogen-bond donors (Lipinski definition) is 2. The van der Waals surface area contributed by atoms with E-state index >= 15 is 0 Å². The molecule has 6 heteroatoms. The maximum atomic E-state index is 12.4. The smallest absolute Gasteiger partial charge is 0.241 e. The highest BCUT2D eigenvalue weighted by atomic mass is 35.5. The molecule has 0 radical (unpaired) electrons. The normalized spacial score (nSPS) is 18.7. The maximum Gasteiger partial charge on any atom is 0.241 e. The van der Waals surface area contributed by atoms with Crippen LogP contribution in [0.3, 0.4) is 0 Å². The lowest BCUT2D eigenvalue weighted by atomic mass is 10.0. The molecule has 1 aliphatic rings. The summed E-state index contributed by atoms with van der Waals surface area (Å²) in [6, 6.07) is 4.77. The van der Waals surface area contributed by atoms with Crippen LogP contribution in [0.2, 0.25) is 5.02 Å². The van der Waals surface area contributed by atoms with Gasteiger partial charge in [0.05, 0.1) is 4.90 Å². The molecule has 0 heterocycles. The van der Waals surface area contributed by atoms with Crippen molar-refractivity contribution in [3.63, 3.8) is 0 Å². The van der Waals surface area contributed by atoms with E-state index in [-0.39, 0.29) is 4.90 Å². The monoisotopic (exact) mass is 302 g/mol. The summed E-state index contributed by atoms with van der Waals surface area (Å²) in [6.45, 7) is 2.16. The van der Waals surface area contributed by atoms with Crippen LogP contribution in [-0.4, -0.2) is 20.5 Å². The molecule has 0 amide bonds. The molecule has 0 aromatic heterocycles. The molecular weight excluding hydrogens is 284 g/mol. The molecule has 1 fully saturated rings. The Kier molecular flexibility index (Phi) is 4.20. The van der Waals surface area contributed by atoms with Crippen LogP contribution in [0.5, 0.6) is 0 Å². The number of rotatable bonds is 4. The van der Waals surface area contributed by atoms with Crippen molar-refractivity contribution in [3.8, 4) is 0 Å². The SMILES string of the molecule is Cc1ccc(S(=O)(=O)NC2(CN)CCCC2)cc1Cl. The van der Waals surface area contributed by atoms with E-state index < -0.39 is 15.6 Å². The van der Waals surface area contributed by atoms with Gasteiger partial charge >= 0.3 is 0 Å². The fourth-order valence-corrected chi connectivity index (χ4v) is 4.23. The minimum atomic E-state index is -3.57. The second-order valence-electron chi connectivity index (χ2n) is 5.21. The quantitative estimate of drug-likeness (QED) is 0.895. The number of nitrogens with two attached hydrogens (primary N) is 1. The molecule has 3 N–H and O–H groups in total. The van der Waals surface area contributed by atoms with Crippen molar-refractivity contribution in [2.75, 3.05) is 6.54 Å². The Hall–Kier alpha value is -0.620. The van der Waals surface area contributed by atoms with Gasteiger partial charge in [0, 0.05) is 17.1 Å². The Labute approximate surface area is 119 Å². The molecule has 1 aromatic rings. The zero-order valence-electron chi connectivity index (χ0n) is 10.9. The van der Waals surface area contributed by atoms with Gasteiger partial charge in [-0.1, -0.05) is 30.5 Å². The van der Waals surface area contributed by atoms with Gasteiger partial charge < -0.3 is 5.73 Å². The number of halogens is 1. The third kappa shape index (κ3) is 3.11. The molecule has 0 spiro atoms. The van der Waals surface area contributed by atoms with Crippen molar-refractivity contribution in [1.82, 2.24) is 4.72 Å². The Balaban J connectivity index is 2.29. The number of aryl methyl sites for hydroxylation is 1. The van der Waals surface area contributed by atoms with Crippen LogP contribution in [0.1, 0.15) is 31.2 Å². The highest BCUT2D eigenvalue weighted by Crippen LogP contribution is 2.31. The fourth-order valence-electron chi connectivity index (χ4n) is 2.48. The Morgan fingerprint density at radius 3 is 2.53 bits per heavy atom. The highest BCUT2D eigenvalue weighted by molar-refractivity contribution is 7.89. The summed E-state index contributed by atoms with van der Waals surface area (Å²) in [5.41, 5.74) is 6.12. The van der Waals surface area contributed by atoms with Crippen LogP contribution >= 0.6 is 11.6 Å². The molecule has 2 rings (SSSR count). The summed E-state index contributed by atoms with van der Waals surface area (Å²) in [5.74, 6) is 0. The lowest BCUT2D eigenvalue weighted by molar-refractivity contribution is 0.399. The Bertz CT molecular complexity index is 566. The number of sulfonamides is 1. The van der Waals surface area contributed by atoms with Gasteiger partial charge in [0.15, 0.2) is 0 Å². The number of benzene rings is 1. The van der Waals surface area contributed by atoms with Crippen molar-refractivity contribution >= 4 is 21.6 Å². The van der Waals surface area contributed by atoms with E-state index in [9.17, 15) is 8.42 Å². The molecule has 1 saturated carbocycles. The summed E-state index contributed by atoms with van der Waals surface area (Å²) in [4.78, 5) is 0.197. The van der Waals surface area contributed by atoms with E-state index in [0.29, 0.717) is 11.6 Å². The molecule has 1 aromatic carbocycles. The van der Waals surface area contributed by atoms with Gasteiger partial charge in [-0.25, -0.2) is 13.1 Å². The van der Waals surface area contributed by atoms with Crippen LogP contribution in [0.4, 0.5) is 0 Å². The lowest BCUT2D eigenvalue weighted by Crippen LogP contribution is -2.51. The standard InChI is InChI=1S/C13H19ClN2O2S/c1-10-4-5-11(8-12(10)14)19(17,18)16-13(9-15)6-2-3-7-13/h4-5,8,16H,2-3,6-7,9,15H2,1H3. The summed E-state index contributed by atoms with van der Waals surface area (Å²) >= 11 is 5.99. The van der Waals surface area contributed by atoms with Gasteiger partial charge in [0.2, 0.25) is 10.0 Å². The van der Waals surface area contributed by atoms with E-state index in [4.69, 9.17) is 17.3 Å². The third-order valence-corrected chi connectivity index (χ3v) is 5.74. The van der Waals surface area contributed by atoms with Crippen LogP contribution < -0.4 is 10.5 Å². The second-order valence-corrected chi connectivity index (χ2v) is 7.30. The van der Waals surface area contributed by atoms with Crippen molar-refractivity contribution in [2.45, 2.75) is 43.0 Å². The van der Waals surface area contributed by atoms with Gasteiger partial charge in [0.25, 0.3) is 0 Å². The molecule has 1 aliphatic carbocycles. The maximum absolute atomic E-state index is 12.4. The van der Waals surface area contributed by atoms with Crippen molar-refractivity contribution < 1.29 is 8.42 Å². The number of nitrogens with one attached hydrogen (secondary N) is 1. The number of hydrogen-bond acceptors (Lipinski definition) is 3. The molecular formula is C13H19ClN2O2S. The molecule has 0 bridgehead atoms. The van der Waals surface area contributed by atoms with E-state index in [0.717, 1.165) is 31.2 Å². The molecule has 19 heavy (non-hydrogen) atoms. The van der Waals surface area contributed by atoms with Gasteiger partial charge in [-0.05, 0) is 37.5 Å². The minimum Gasteiger partial charge on any atom is -0.329 e. The summed E-state index contributed by atoms with van der Waals surface area (Å²) in [7, 11) is -3.57. The van der Waals surface area contributed by atoms with E-state index in [1.807, 2.05) is 6.92 Å². The molecule has 0 aliphatic heterocycles. The van der Waals surface area contributed by atoms with Crippen molar-refractivity contribution in [1.29, 1.82) is 0 Å². The predicted octanol–water partition coefficient (Wildman–Crippen LogP) is 2.20. The van der Waals surface area contributed by atoms with E-state index in [1.165, 1.54) is 6.07 Å². The summed E-state index contributed by atoms with van der Waals surface area (Å²) < 4.78 is 27.6. The van der Waals surface area contributed by atoms with Gasteiger partial charge in [0.1, 0.15) is 0 Å². The van der Waals surface area contributed by atoms with Crippen LogP contribution in [0, 0.1) is 6.92 Å². The van der Waals surface area contributed by atoms with E-state index in [1.54, 1.807) is 12.1 Å². The zero-order chi connectivity index (χ0) is 14.1. The zero-order valence-corrected chi connectivity index (χ0v) is 12.5. The predicted molar refractivity (Wildman–Crippen MR) is 76.8 cm³/mol. The van der Waals surface area contributed by atoms with Crippen molar-refractivity contribution in [3.05, 3.63) is 28.8 Å². The first-order valence-electron chi connectivity index (χ1n) is 6.39. The lowest BCUT2D eigenvalue weighted by Gasteiger charge is -2.28. The first kappa shape index (κ1) is 14.8. The Morgan fingerprint density at radius 2 is 2.00 bits per heavy atom. The molecule has 0 atom stereocenters. The van der Waals surface area contributed by atoms with Crippen LogP contribution in [0.25, 0.3) is 0 Å². The van der Waals surface area contributed by atoms with Gasteiger partial charge in [-0.2, -0.15) is 0 Å². The van der Waals surface area contributed by atoms with Gasteiger partial charge in [-0.3, -0.25) is 0 Å². The first-order chi connectivity index (χ1) is 8.88. The largest absolute Gasteiger partial charge is 0.329 e. The summed E-state index contributed by atoms with van der Waals surface area (Å²) in [5, 5.41) is 0.455. The molecule has 0 saturated heterocycles. The second kappa shape index (κ2) is 5.40. The molecule has 0 unspecified atom stereocenters. The Morgan fingerprint density at radius 1 is 1.37 bits per heavy atom. The topological polar surface area (TPSA) is 72.2 Å². The molecule has 4 nitrogen and oxygen atoms in total. The summed E-state index contributed by atoms with van der Waals surface area (Å²) in [6.07, 6.45) is 3.60. The van der Waals surface area contributed by atoms with E-state index in [2.05, 4.69) is 4.72 Å².